The van der Waals surface area contributed by atoms with Crippen molar-refractivity contribution in [2.24, 2.45) is 0 Å². The molecular formula is C52H50B2BrF6N6O6. The number of aromatic amines is 2. The third-order valence-electron chi connectivity index (χ3n) is 11.0. The van der Waals surface area contributed by atoms with E-state index in [2.05, 4.69) is 36.3 Å². The number of ether oxygens (including phenoxy) is 2. The van der Waals surface area contributed by atoms with Crippen LogP contribution < -0.4 is 14.9 Å². The van der Waals surface area contributed by atoms with Crippen molar-refractivity contribution < 1.29 is 55.5 Å². The van der Waals surface area contributed by atoms with E-state index in [1.807, 2.05) is 56.3 Å². The first-order valence-corrected chi connectivity index (χ1v) is 23.3. The summed E-state index contributed by atoms with van der Waals surface area (Å²) in [5.74, 6) is 0.784. The maximum absolute atomic E-state index is 13.2. The van der Waals surface area contributed by atoms with E-state index in [0.717, 1.165) is 68.1 Å². The quantitative estimate of drug-likeness (QED) is 0.0619. The van der Waals surface area contributed by atoms with Gasteiger partial charge in [0.2, 0.25) is 0 Å². The van der Waals surface area contributed by atoms with E-state index in [9.17, 15) is 35.9 Å². The number of nitrogens with zero attached hydrogens (tertiary/aromatic N) is 4. The van der Waals surface area contributed by atoms with E-state index in [-0.39, 0.29) is 25.7 Å². The van der Waals surface area contributed by atoms with Gasteiger partial charge >= 0.3 is 19.5 Å². The molecule has 0 aliphatic heterocycles. The van der Waals surface area contributed by atoms with E-state index in [0.29, 0.717) is 72.5 Å². The van der Waals surface area contributed by atoms with Gasteiger partial charge < -0.3 is 29.3 Å². The predicted octanol–water partition coefficient (Wildman–Crippen LogP) is 10.7. The van der Waals surface area contributed by atoms with E-state index in [1.54, 1.807) is 72.7 Å². The Bertz CT molecular complexity index is 3120. The Balaban J connectivity index is 0.000000222. The van der Waals surface area contributed by atoms with Gasteiger partial charge in [0.25, 0.3) is 11.8 Å². The van der Waals surface area contributed by atoms with Crippen LogP contribution in [0.15, 0.2) is 138 Å². The lowest BCUT2D eigenvalue weighted by atomic mass is 9.79. The number of amides is 2. The first kappa shape index (κ1) is 56.8. The molecule has 0 saturated carbocycles. The zero-order valence-electron chi connectivity index (χ0n) is 40.1. The maximum atomic E-state index is 13.2. The molecule has 0 aliphatic rings. The van der Waals surface area contributed by atoms with Crippen LogP contribution in [0.5, 0.6) is 11.5 Å². The first-order valence-electron chi connectivity index (χ1n) is 22.5. The smallest absolute Gasteiger partial charge is 0.488 e. The van der Waals surface area contributed by atoms with Crippen LogP contribution in [-0.2, 0) is 25.4 Å². The number of fused-ring (bicyclic) bond motifs is 2. The number of hydrogen-bond acceptors (Lipinski definition) is 8. The summed E-state index contributed by atoms with van der Waals surface area (Å²) in [6, 6.07) is 31.0. The fourth-order valence-electron chi connectivity index (χ4n) is 7.34. The number of alkyl halides is 6. The molecule has 6 aromatic carbocycles. The van der Waals surface area contributed by atoms with Crippen LogP contribution in [0.2, 0.25) is 0 Å². The topological polar surface area (TPSA) is 157 Å². The largest absolute Gasteiger partial charge is 0.493 e. The van der Waals surface area contributed by atoms with Crippen LogP contribution in [0.3, 0.4) is 0 Å². The zero-order chi connectivity index (χ0) is 52.2. The molecule has 21 heteroatoms. The summed E-state index contributed by atoms with van der Waals surface area (Å²) < 4.78 is 88.2. The van der Waals surface area contributed by atoms with Crippen LogP contribution in [0, 0.1) is 0 Å². The minimum absolute atomic E-state index is 0. The van der Waals surface area contributed by atoms with Gasteiger partial charge in [-0.2, -0.15) is 36.5 Å². The molecule has 8 rings (SSSR count). The second-order valence-electron chi connectivity index (χ2n) is 16.5. The Morgan fingerprint density at radius 1 is 0.630 bits per heavy atom. The molecule has 4 N–H and O–H groups in total. The van der Waals surface area contributed by atoms with Crippen LogP contribution in [0.25, 0.3) is 32.9 Å². The normalized spacial score (nSPS) is 11.1. The fourth-order valence-corrected chi connectivity index (χ4v) is 7.70. The summed E-state index contributed by atoms with van der Waals surface area (Å²) in [4.78, 5) is 29.2. The molecule has 0 unspecified atom stereocenters. The molecule has 0 bridgehead atoms. The van der Waals surface area contributed by atoms with E-state index in [4.69, 9.17) is 19.5 Å². The summed E-state index contributed by atoms with van der Waals surface area (Å²) in [5, 5.41) is 33.3. The van der Waals surface area contributed by atoms with E-state index in [1.165, 1.54) is 12.1 Å². The Kier molecular flexibility index (Phi) is 19.9. The van der Waals surface area contributed by atoms with Gasteiger partial charge in [0.1, 0.15) is 11.5 Å². The molecule has 73 heavy (non-hydrogen) atoms. The molecular weight excluding hydrogens is 1020 g/mol. The zero-order valence-corrected chi connectivity index (χ0v) is 41.6. The van der Waals surface area contributed by atoms with Gasteiger partial charge in [-0.1, -0.05) is 86.6 Å². The van der Waals surface area contributed by atoms with E-state index >= 15 is 0 Å². The maximum Gasteiger partial charge on any atom is 0.488 e. The third kappa shape index (κ3) is 15.0. The van der Waals surface area contributed by atoms with Gasteiger partial charge in [0, 0.05) is 63.1 Å². The third-order valence-corrected chi connectivity index (χ3v) is 11.6. The number of carbonyl (C=O) groups is 2. The summed E-state index contributed by atoms with van der Waals surface area (Å²) >= 11 is 3.46. The number of aromatic nitrogens is 4. The van der Waals surface area contributed by atoms with Gasteiger partial charge in [0.05, 0.1) is 52.2 Å². The molecule has 0 spiro atoms. The number of nitrogens with one attached hydrogen (secondary N) is 2. The molecule has 0 fully saturated rings. The molecule has 2 aromatic heterocycles. The Morgan fingerprint density at radius 2 is 1.10 bits per heavy atom. The SMILES string of the molecule is CCCOc1cc(C(=O)N(C)Cc2cccc3cn[nH]c23)ccc1-c1cccc(C(F)(F)F)c1.CCCOc1cc(C(=O)N(C)Cc2cccc3cn[nH]c23)ccc1Br.OB(O)c1cccc(C(F)(F)F)c1.[B]. The molecule has 0 atom stereocenters. The summed E-state index contributed by atoms with van der Waals surface area (Å²) in [7, 11) is 1.62. The Hall–Kier alpha value is -7.09. The number of rotatable bonds is 14. The van der Waals surface area contributed by atoms with Gasteiger partial charge in [0.15, 0.2) is 0 Å². The molecule has 3 radical (unpaired) electrons. The lowest BCUT2D eigenvalue weighted by Gasteiger charge is -2.19. The second kappa shape index (κ2) is 25.5. The standard InChI is InChI=1S/C26H24F3N3O2.C19H20BrN3O2.C7H6BF3O2.B/c1-3-12-34-23-14-18(10-11-22(23)17-6-5-9-21(13-17)26(27,28)29)25(33)32(2)16-20-8-4-7-19-15-30-31-24(19)20;1-3-9-25-17-10-13(7-8-16(17)20)19(24)23(2)12-15-6-4-5-14-11-21-22-18(14)15;9-7(10,11)5-2-1-3-6(4-5)8(12)13;/h4-11,13-15H,3,12,16H2,1-2H3,(H,30,31);4-8,10-11H,3,9,12H2,1-2H3,(H,21,22);1-4,12-13H;. The van der Waals surface area contributed by atoms with Crippen LogP contribution >= 0.6 is 15.9 Å². The Morgan fingerprint density at radius 3 is 1.60 bits per heavy atom. The van der Waals surface area contributed by atoms with Crippen molar-refractivity contribution in [2.75, 3.05) is 27.3 Å². The lowest BCUT2D eigenvalue weighted by molar-refractivity contribution is -0.138. The number of para-hydroxylation sites is 2. The summed E-state index contributed by atoms with van der Waals surface area (Å²) in [6.07, 6.45) is -3.76. The minimum Gasteiger partial charge on any atom is -0.493 e. The number of hydrogen-bond donors (Lipinski definition) is 4. The van der Waals surface area contributed by atoms with Crippen molar-refractivity contribution in [2.45, 2.75) is 52.1 Å². The second-order valence-corrected chi connectivity index (χ2v) is 17.3. The van der Waals surface area contributed by atoms with Gasteiger partial charge in [-0.05, 0) is 99.5 Å². The van der Waals surface area contributed by atoms with Crippen molar-refractivity contribution in [3.05, 3.63) is 172 Å². The van der Waals surface area contributed by atoms with Crippen LogP contribution in [0.1, 0.15) is 69.7 Å². The van der Waals surface area contributed by atoms with Crippen LogP contribution in [0.4, 0.5) is 26.3 Å². The van der Waals surface area contributed by atoms with Crippen molar-refractivity contribution >= 4 is 70.5 Å². The highest BCUT2D eigenvalue weighted by Crippen LogP contribution is 2.37. The monoisotopic (exact) mass is 1070 g/mol. The highest BCUT2D eigenvalue weighted by atomic mass is 79.9. The minimum atomic E-state index is -4.45. The molecule has 379 valence electrons. The molecule has 2 amide bonds. The number of halogens is 7. The first-order chi connectivity index (χ1) is 34.3. The van der Waals surface area contributed by atoms with Gasteiger partial charge in [-0.15, -0.1) is 0 Å². The number of H-pyrrole nitrogens is 2. The highest BCUT2D eigenvalue weighted by molar-refractivity contribution is 9.10. The molecule has 0 aliphatic carbocycles. The van der Waals surface area contributed by atoms with Gasteiger partial charge in [-0.3, -0.25) is 19.8 Å². The van der Waals surface area contributed by atoms with Crippen molar-refractivity contribution in [3.63, 3.8) is 0 Å². The van der Waals surface area contributed by atoms with Crippen molar-refractivity contribution in [1.29, 1.82) is 0 Å². The van der Waals surface area contributed by atoms with Crippen molar-refractivity contribution in [1.82, 2.24) is 30.2 Å². The summed E-state index contributed by atoms with van der Waals surface area (Å²) in [6.45, 7) is 5.84. The highest BCUT2D eigenvalue weighted by Gasteiger charge is 2.32. The average molecular weight is 1070 g/mol. The molecule has 12 nitrogen and oxygen atoms in total. The van der Waals surface area contributed by atoms with Crippen LogP contribution in [-0.4, -0.2) is 94.9 Å². The average Bonchev–Trinajstić information content (AvgIpc) is 4.07. The molecule has 0 saturated heterocycles. The Labute approximate surface area is 428 Å². The van der Waals surface area contributed by atoms with Gasteiger partial charge in [-0.25, -0.2) is 0 Å². The van der Waals surface area contributed by atoms with E-state index < -0.39 is 30.6 Å². The summed E-state index contributed by atoms with van der Waals surface area (Å²) in [5.41, 5.74) is 3.86. The number of carbonyl (C=O) groups excluding carboxylic acids is 2. The molecule has 8 aromatic rings. The number of benzene rings is 6. The predicted molar refractivity (Wildman–Crippen MR) is 273 cm³/mol. The van der Waals surface area contributed by atoms with Crippen molar-refractivity contribution in [3.8, 4) is 22.6 Å². The fraction of sp³-hybridized carbons (Fsp3) is 0.231. The lowest BCUT2D eigenvalue weighted by Crippen LogP contribution is -2.30. The molecule has 2 heterocycles.